The van der Waals surface area contributed by atoms with Crippen LogP contribution < -0.4 is 4.74 Å². The van der Waals surface area contributed by atoms with E-state index in [0.717, 1.165) is 13.2 Å². The second-order valence-electron chi connectivity index (χ2n) is 3.95. The van der Waals surface area contributed by atoms with Crippen LogP contribution in [0.15, 0.2) is 12.3 Å². The highest BCUT2D eigenvalue weighted by molar-refractivity contribution is 5.67. The van der Waals surface area contributed by atoms with Gasteiger partial charge < -0.3 is 14.9 Å². The van der Waals surface area contributed by atoms with Crippen LogP contribution in [0.25, 0.3) is 11.1 Å². The van der Waals surface area contributed by atoms with E-state index in [1.807, 2.05) is 0 Å². The van der Waals surface area contributed by atoms with Gasteiger partial charge in [0.1, 0.15) is 6.20 Å². The van der Waals surface area contributed by atoms with Crippen molar-refractivity contribution in [3.05, 3.63) is 51.5 Å². The van der Waals surface area contributed by atoms with E-state index in [4.69, 9.17) is 0 Å². The molecule has 0 radical (unpaired) electrons. The van der Waals surface area contributed by atoms with Gasteiger partial charge in [0.15, 0.2) is 23.3 Å². The number of hydrogen-bond acceptors (Lipinski definition) is 4. The third-order valence-corrected chi connectivity index (χ3v) is 2.72. The molecule has 2 aromatic rings. The van der Waals surface area contributed by atoms with Crippen molar-refractivity contribution in [2.75, 3.05) is 7.11 Å². The zero-order valence-electron chi connectivity index (χ0n) is 10.7. The Morgan fingerprint density at radius 1 is 1.05 bits per heavy atom. The molecule has 0 N–H and O–H groups in total. The highest BCUT2D eigenvalue weighted by Crippen LogP contribution is 2.35. The van der Waals surface area contributed by atoms with Gasteiger partial charge >= 0.3 is 5.82 Å². The molecule has 10 heteroatoms. The van der Waals surface area contributed by atoms with Gasteiger partial charge in [0, 0.05) is 11.6 Å². The molecular formula is C12H5F5N2O3. The summed E-state index contributed by atoms with van der Waals surface area (Å²) in [4.78, 5) is 13.0. The van der Waals surface area contributed by atoms with Gasteiger partial charge in [0.05, 0.1) is 12.7 Å². The molecule has 116 valence electrons. The molecule has 0 fully saturated rings. The van der Waals surface area contributed by atoms with Gasteiger partial charge in [-0.1, -0.05) is 0 Å². The van der Waals surface area contributed by atoms with E-state index in [1.54, 1.807) is 0 Å². The Balaban J connectivity index is 2.75. The molecule has 0 saturated heterocycles. The van der Waals surface area contributed by atoms with Gasteiger partial charge in [-0.3, -0.25) is 0 Å². The maximum Gasteiger partial charge on any atom is 0.406 e. The molecule has 2 rings (SSSR count). The fourth-order valence-corrected chi connectivity index (χ4v) is 1.72. The standard InChI is InChI=1S/C12H5F5N2O3/c1-22-5-2-4(3-18-12(5)19(20)21)6-7(13)9(15)11(17)10(16)8(6)14/h2-3H,1H3. The lowest BCUT2D eigenvalue weighted by molar-refractivity contribution is -0.390. The number of methoxy groups -OCH3 is 1. The maximum atomic E-state index is 13.7. The average Bonchev–Trinajstić information content (AvgIpc) is 2.50. The molecular weight excluding hydrogens is 315 g/mol. The lowest BCUT2D eigenvalue weighted by Crippen LogP contribution is -2.05. The van der Waals surface area contributed by atoms with E-state index in [2.05, 4.69) is 9.72 Å². The van der Waals surface area contributed by atoms with Crippen molar-refractivity contribution in [1.29, 1.82) is 0 Å². The van der Waals surface area contributed by atoms with Gasteiger partial charge in [0.25, 0.3) is 0 Å². The number of rotatable bonds is 3. The topological polar surface area (TPSA) is 65.3 Å². The first kappa shape index (κ1) is 15.6. The second kappa shape index (κ2) is 5.54. The van der Waals surface area contributed by atoms with Crippen LogP contribution in [-0.4, -0.2) is 17.0 Å². The first-order valence-corrected chi connectivity index (χ1v) is 5.49. The van der Waals surface area contributed by atoms with Crippen molar-refractivity contribution >= 4 is 5.82 Å². The van der Waals surface area contributed by atoms with Crippen molar-refractivity contribution < 1.29 is 31.6 Å². The van der Waals surface area contributed by atoms with Crippen molar-refractivity contribution in [3.63, 3.8) is 0 Å². The van der Waals surface area contributed by atoms with E-state index >= 15 is 0 Å². The van der Waals surface area contributed by atoms with E-state index < -0.39 is 56.7 Å². The number of halogens is 5. The summed E-state index contributed by atoms with van der Waals surface area (Å²) >= 11 is 0. The smallest absolute Gasteiger partial charge is 0.406 e. The Morgan fingerprint density at radius 2 is 1.55 bits per heavy atom. The molecule has 0 atom stereocenters. The summed E-state index contributed by atoms with van der Waals surface area (Å²) in [7, 11) is 1.02. The first-order valence-electron chi connectivity index (χ1n) is 5.49. The SMILES string of the molecule is COc1cc(-c2c(F)c(F)c(F)c(F)c2F)cnc1[N+](=O)[O-]. The van der Waals surface area contributed by atoms with Crippen molar-refractivity contribution in [1.82, 2.24) is 4.98 Å². The van der Waals surface area contributed by atoms with E-state index in [-0.39, 0.29) is 0 Å². The Kier molecular flexibility index (Phi) is 3.93. The average molecular weight is 320 g/mol. The molecule has 1 aromatic carbocycles. The Labute approximate surface area is 119 Å². The molecule has 0 amide bonds. The summed E-state index contributed by atoms with van der Waals surface area (Å²) in [6.07, 6.45) is 0.610. The van der Waals surface area contributed by atoms with Crippen LogP contribution in [0.4, 0.5) is 27.8 Å². The van der Waals surface area contributed by atoms with Crippen LogP contribution in [-0.2, 0) is 0 Å². The monoisotopic (exact) mass is 320 g/mol. The summed E-state index contributed by atoms with van der Waals surface area (Å²) in [5, 5.41) is 10.7. The molecule has 0 bridgehead atoms. The van der Waals surface area contributed by atoms with Gasteiger partial charge in [-0.25, -0.2) is 22.0 Å². The molecule has 0 unspecified atom stereocenters. The number of pyridine rings is 1. The number of benzene rings is 1. The predicted molar refractivity (Wildman–Crippen MR) is 62.7 cm³/mol. The summed E-state index contributed by atoms with van der Waals surface area (Å²) in [6, 6.07) is 0.753. The minimum Gasteiger partial charge on any atom is -0.489 e. The Bertz CT molecular complexity index is 753. The van der Waals surface area contributed by atoms with Crippen molar-refractivity contribution in [2.24, 2.45) is 0 Å². The molecule has 0 spiro atoms. The number of hydrogen-bond donors (Lipinski definition) is 0. The van der Waals surface area contributed by atoms with Gasteiger partial charge in [-0.15, -0.1) is 0 Å². The molecule has 1 heterocycles. The number of ether oxygens (including phenoxy) is 1. The van der Waals surface area contributed by atoms with Gasteiger partial charge in [0.2, 0.25) is 11.6 Å². The van der Waals surface area contributed by atoms with Crippen LogP contribution in [0.5, 0.6) is 5.75 Å². The van der Waals surface area contributed by atoms with Crippen LogP contribution in [0, 0.1) is 39.2 Å². The Hall–Kier alpha value is -2.78. The minimum absolute atomic E-state index is 0.494. The van der Waals surface area contributed by atoms with E-state index in [9.17, 15) is 32.1 Å². The summed E-state index contributed by atoms with van der Waals surface area (Å²) < 4.78 is 71.2. The maximum absolute atomic E-state index is 13.7. The largest absolute Gasteiger partial charge is 0.489 e. The highest BCUT2D eigenvalue weighted by Gasteiger charge is 2.28. The van der Waals surface area contributed by atoms with Crippen molar-refractivity contribution in [3.8, 4) is 16.9 Å². The van der Waals surface area contributed by atoms with Crippen LogP contribution in [0.2, 0.25) is 0 Å². The third-order valence-electron chi connectivity index (χ3n) is 2.72. The van der Waals surface area contributed by atoms with Gasteiger partial charge in [-0.2, -0.15) is 0 Å². The lowest BCUT2D eigenvalue weighted by atomic mass is 10.0. The fourth-order valence-electron chi connectivity index (χ4n) is 1.72. The minimum atomic E-state index is -2.31. The summed E-state index contributed by atoms with van der Waals surface area (Å²) in [6.45, 7) is 0. The zero-order valence-corrected chi connectivity index (χ0v) is 10.7. The normalized spacial score (nSPS) is 10.6. The highest BCUT2D eigenvalue weighted by atomic mass is 19.2. The number of nitrogens with zero attached hydrogens (tertiary/aromatic N) is 2. The van der Waals surface area contributed by atoms with Crippen LogP contribution in [0.3, 0.4) is 0 Å². The summed E-state index contributed by atoms with van der Waals surface area (Å²) in [5.74, 6) is -12.0. The fraction of sp³-hybridized carbons (Fsp3) is 0.0833. The number of aromatic nitrogens is 1. The molecule has 5 nitrogen and oxygen atoms in total. The molecule has 1 aromatic heterocycles. The van der Waals surface area contributed by atoms with Crippen LogP contribution >= 0.6 is 0 Å². The quantitative estimate of drug-likeness (QED) is 0.286. The van der Waals surface area contributed by atoms with E-state index in [1.165, 1.54) is 0 Å². The lowest BCUT2D eigenvalue weighted by Gasteiger charge is -2.08. The van der Waals surface area contributed by atoms with E-state index in [0.29, 0.717) is 6.20 Å². The third kappa shape index (κ3) is 2.32. The summed E-state index contributed by atoms with van der Waals surface area (Å²) in [5.41, 5.74) is -1.81. The van der Waals surface area contributed by atoms with Crippen LogP contribution in [0.1, 0.15) is 0 Å². The Morgan fingerprint density at radius 3 is 2.00 bits per heavy atom. The predicted octanol–water partition coefficient (Wildman–Crippen LogP) is 3.36. The molecule has 0 aliphatic carbocycles. The second-order valence-corrected chi connectivity index (χ2v) is 3.95. The van der Waals surface area contributed by atoms with Crippen molar-refractivity contribution in [2.45, 2.75) is 0 Å². The number of nitro groups is 1. The first-order chi connectivity index (χ1) is 10.3. The van der Waals surface area contributed by atoms with Gasteiger partial charge in [-0.05, 0) is 9.91 Å². The molecule has 0 aliphatic heterocycles. The molecule has 22 heavy (non-hydrogen) atoms. The zero-order chi connectivity index (χ0) is 16.6. The molecule has 0 saturated carbocycles. The molecule has 0 aliphatic rings.